The maximum absolute atomic E-state index is 5.40. The van der Waals surface area contributed by atoms with Gasteiger partial charge in [-0.2, -0.15) is 6.82 Å². The van der Waals surface area contributed by atoms with Gasteiger partial charge in [0.25, 0.3) is 0 Å². The van der Waals surface area contributed by atoms with Crippen LogP contribution in [0.5, 0.6) is 0 Å². The minimum absolute atomic E-state index is 0.0115. The summed E-state index contributed by atoms with van der Waals surface area (Å²) in [5, 5.41) is 0. The van der Waals surface area contributed by atoms with Crippen LogP contribution in [-0.4, -0.2) is 19.8 Å². The van der Waals surface area contributed by atoms with E-state index in [4.69, 9.17) is 9.31 Å². The van der Waals surface area contributed by atoms with Crippen LogP contribution in [0.25, 0.3) is 0 Å². The summed E-state index contributed by atoms with van der Waals surface area (Å²) < 4.78 is 10.6. The fourth-order valence-corrected chi connectivity index (χ4v) is 0.905. The molecule has 0 aliphatic carbocycles. The van der Waals surface area contributed by atoms with Crippen molar-refractivity contribution in [3.63, 3.8) is 0 Å². The number of hydrogen-bond acceptors (Lipinski definition) is 2. The summed E-state index contributed by atoms with van der Waals surface area (Å²) in [6.45, 7) is 6.99. The maximum Gasteiger partial charge on any atom is 0.136 e. The normalized spacial score (nSPS) is 30.0. The Bertz CT molecular complexity index is 95.1. The van der Waals surface area contributed by atoms with Crippen molar-refractivity contribution in [2.75, 3.05) is 6.61 Å². The Morgan fingerprint density at radius 2 is 2.22 bits per heavy atom. The van der Waals surface area contributed by atoms with Crippen LogP contribution in [-0.2, 0) is 9.31 Å². The van der Waals surface area contributed by atoms with Gasteiger partial charge in [-0.15, -0.1) is 0 Å². The summed E-state index contributed by atoms with van der Waals surface area (Å²) in [6.07, 6.45) is 0.319. The molecule has 1 atom stereocenters. The highest BCUT2D eigenvalue weighted by molar-refractivity contribution is 6.43. The lowest BCUT2D eigenvalue weighted by Gasteiger charge is -2.19. The van der Waals surface area contributed by atoms with Crippen molar-refractivity contribution in [1.29, 1.82) is 0 Å². The van der Waals surface area contributed by atoms with Crippen LogP contribution in [0.1, 0.15) is 13.8 Å². The van der Waals surface area contributed by atoms with Crippen molar-refractivity contribution in [3.8, 4) is 0 Å². The zero-order valence-electron chi connectivity index (χ0n) is 6.26. The second-order valence-electron chi connectivity index (χ2n) is 2.82. The highest BCUT2D eigenvalue weighted by atomic mass is 16.6. The summed E-state index contributed by atoms with van der Waals surface area (Å²) in [7, 11) is 0.0115. The molecule has 2 nitrogen and oxygen atoms in total. The monoisotopic (exact) mass is 128 g/mol. The standard InChI is InChI=1S/C6H13BO2/c1-5(2)6-4-8-7(3)9-6/h5-6H,4H2,1-3H3/q-1. The molecule has 53 valence electrons. The third-order valence-electron chi connectivity index (χ3n) is 1.61. The van der Waals surface area contributed by atoms with Crippen molar-refractivity contribution in [2.24, 2.45) is 5.92 Å². The van der Waals surface area contributed by atoms with Crippen LogP contribution in [0.4, 0.5) is 0 Å². The maximum atomic E-state index is 5.40. The molecule has 1 unspecified atom stereocenters. The van der Waals surface area contributed by atoms with E-state index in [1.807, 2.05) is 6.82 Å². The smallest absolute Gasteiger partial charge is 0.136 e. The molecule has 1 radical (unpaired) electrons. The molecular formula is C6H13BO2-. The quantitative estimate of drug-likeness (QED) is 0.493. The first-order valence-corrected chi connectivity index (χ1v) is 3.47. The topological polar surface area (TPSA) is 18.5 Å². The van der Waals surface area contributed by atoms with E-state index in [9.17, 15) is 0 Å². The van der Waals surface area contributed by atoms with E-state index in [2.05, 4.69) is 13.8 Å². The number of hydrogen-bond donors (Lipinski definition) is 0. The van der Waals surface area contributed by atoms with E-state index >= 15 is 0 Å². The molecule has 3 heteroatoms. The summed E-state index contributed by atoms with van der Waals surface area (Å²) in [4.78, 5) is 0. The van der Waals surface area contributed by atoms with Crippen LogP contribution in [0.2, 0.25) is 6.82 Å². The van der Waals surface area contributed by atoms with E-state index < -0.39 is 0 Å². The van der Waals surface area contributed by atoms with Gasteiger partial charge in [0.05, 0.1) is 0 Å². The minimum atomic E-state index is 0.0115. The SMILES string of the molecule is C[B-]1OCC(C(C)C)O1. The second kappa shape index (κ2) is 2.71. The Morgan fingerprint density at radius 1 is 1.56 bits per heavy atom. The lowest BCUT2D eigenvalue weighted by molar-refractivity contribution is 0.178. The van der Waals surface area contributed by atoms with Gasteiger partial charge in [0.2, 0.25) is 0 Å². The van der Waals surface area contributed by atoms with E-state index in [-0.39, 0.29) is 7.12 Å². The molecule has 0 saturated carbocycles. The van der Waals surface area contributed by atoms with Crippen LogP contribution in [0.15, 0.2) is 0 Å². The van der Waals surface area contributed by atoms with Crippen LogP contribution < -0.4 is 0 Å². The Balaban J connectivity index is 2.30. The molecule has 9 heavy (non-hydrogen) atoms. The molecule has 0 aromatic heterocycles. The van der Waals surface area contributed by atoms with Crippen molar-refractivity contribution in [2.45, 2.75) is 26.8 Å². The van der Waals surface area contributed by atoms with Gasteiger partial charge in [-0.05, 0) is 5.92 Å². The first kappa shape index (κ1) is 7.10. The second-order valence-corrected chi connectivity index (χ2v) is 2.82. The van der Waals surface area contributed by atoms with Crippen LogP contribution in [0, 0.1) is 5.92 Å². The average molecular weight is 128 g/mol. The fourth-order valence-electron chi connectivity index (χ4n) is 0.905. The van der Waals surface area contributed by atoms with Gasteiger partial charge in [0.15, 0.2) is 0 Å². The Kier molecular flexibility index (Phi) is 2.14. The summed E-state index contributed by atoms with van der Waals surface area (Å²) in [6, 6.07) is 0. The third kappa shape index (κ3) is 1.70. The molecule has 0 bridgehead atoms. The van der Waals surface area contributed by atoms with Gasteiger partial charge in [-0.25, -0.2) is 0 Å². The molecule has 1 heterocycles. The summed E-state index contributed by atoms with van der Waals surface area (Å²) >= 11 is 0. The van der Waals surface area contributed by atoms with Gasteiger partial charge < -0.3 is 9.31 Å². The molecule has 0 amide bonds. The first-order chi connectivity index (χ1) is 4.20. The summed E-state index contributed by atoms with van der Waals surface area (Å²) in [5.41, 5.74) is 0. The molecule has 1 saturated heterocycles. The molecule has 1 rings (SSSR count). The van der Waals surface area contributed by atoms with E-state index in [1.165, 1.54) is 0 Å². The Hall–Kier alpha value is -0.0151. The highest BCUT2D eigenvalue weighted by Gasteiger charge is 2.16. The Morgan fingerprint density at radius 3 is 2.44 bits per heavy atom. The van der Waals surface area contributed by atoms with Gasteiger partial charge in [-0.3, -0.25) is 0 Å². The van der Waals surface area contributed by atoms with Gasteiger partial charge in [0, 0.05) is 12.7 Å². The van der Waals surface area contributed by atoms with Crippen LogP contribution >= 0.6 is 0 Å². The largest absolute Gasteiger partial charge is 0.588 e. The van der Waals surface area contributed by atoms with Gasteiger partial charge in [0.1, 0.15) is 7.12 Å². The molecule has 1 aliphatic heterocycles. The highest BCUT2D eigenvalue weighted by Crippen LogP contribution is 2.15. The number of rotatable bonds is 1. The zero-order chi connectivity index (χ0) is 6.85. The van der Waals surface area contributed by atoms with Gasteiger partial charge >= 0.3 is 0 Å². The predicted molar refractivity (Wildman–Crippen MR) is 37.3 cm³/mol. The van der Waals surface area contributed by atoms with Crippen molar-refractivity contribution in [1.82, 2.24) is 0 Å². The minimum Gasteiger partial charge on any atom is -0.588 e. The molecular weight excluding hydrogens is 115 g/mol. The lowest BCUT2D eigenvalue weighted by atomic mass is 9.96. The van der Waals surface area contributed by atoms with Crippen LogP contribution in [0.3, 0.4) is 0 Å². The van der Waals surface area contributed by atoms with E-state index in [0.29, 0.717) is 12.0 Å². The molecule has 0 spiro atoms. The molecule has 0 aromatic rings. The van der Waals surface area contributed by atoms with Crippen molar-refractivity contribution < 1.29 is 9.31 Å². The van der Waals surface area contributed by atoms with Crippen molar-refractivity contribution >= 4 is 7.12 Å². The molecule has 0 aromatic carbocycles. The van der Waals surface area contributed by atoms with E-state index in [0.717, 1.165) is 6.61 Å². The molecule has 1 aliphatic rings. The average Bonchev–Trinajstić information content (AvgIpc) is 2.14. The Labute approximate surface area is 56.7 Å². The fraction of sp³-hybridized carbons (Fsp3) is 1.00. The third-order valence-corrected chi connectivity index (χ3v) is 1.61. The first-order valence-electron chi connectivity index (χ1n) is 3.47. The molecule has 1 fully saturated rings. The lowest BCUT2D eigenvalue weighted by Crippen LogP contribution is -2.18. The zero-order valence-corrected chi connectivity index (χ0v) is 6.26. The van der Waals surface area contributed by atoms with Crippen molar-refractivity contribution in [3.05, 3.63) is 0 Å². The summed E-state index contributed by atoms with van der Waals surface area (Å²) in [5.74, 6) is 0.579. The predicted octanol–water partition coefficient (Wildman–Crippen LogP) is 1.18. The van der Waals surface area contributed by atoms with Gasteiger partial charge in [-0.1, -0.05) is 13.8 Å². The molecule has 0 N–H and O–H groups in total. The van der Waals surface area contributed by atoms with E-state index in [1.54, 1.807) is 0 Å².